The minimum atomic E-state index is -0.364. The standard InChI is InChI=1S/C11H10O3/c12-8-6-4-1-2-5(3-4)7(6)9(13)11-10(8)14-11/h1-2,4-7,10-11H,3H2/t4-,5+,6+,7-,10?,11?. The Morgan fingerprint density at radius 1 is 1.00 bits per heavy atom. The summed E-state index contributed by atoms with van der Waals surface area (Å²) in [7, 11) is 0. The van der Waals surface area contributed by atoms with Gasteiger partial charge in [0.1, 0.15) is 0 Å². The smallest absolute Gasteiger partial charge is 0.169 e. The SMILES string of the molecule is O=C1C2OC2C(=O)[C@H]2[C@@H]1[C@@H]1C=C[C@H]2C1. The van der Waals surface area contributed by atoms with Gasteiger partial charge in [-0.2, -0.15) is 0 Å². The van der Waals surface area contributed by atoms with Crippen molar-refractivity contribution in [3.63, 3.8) is 0 Å². The summed E-state index contributed by atoms with van der Waals surface area (Å²) in [6.45, 7) is 0. The van der Waals surface area contributed by atoms with Gasteiger partial charge in [-0.1, -0.05) is 12.2 Å². The molecule has 4 rings (SSSR count). The molecule has 2 bridgehead atoms. The lowest BCUT2D eigenvalue weighted by Crippen LogP contribution is -2.43. The Labute approximate surface area is 81.1 Å². The lowest BCUT2D eigenvalue weighted by molar-refractivity contribution is -0.135. The third-order valence-corrected chi connectivity index (χ3v) is 4.17. The van der Waals surface area contributed by atoms with Gasteiger partial charge >= 0.3 is 0 Å². The number of ketones is 2. The van der Waals surface area contributed by atoms with Crippen LogP contribution in [-0.4, -0.2) is 23.8 Å². The van der Waals surface area contributed by atoms with E-state index in [9.17, 15) is 9.59 Å². The molecule has 0 aromatic rings. The van der Waals surface area contributed by atoms with Gasteiger partial charge in [-0.15, -0.1) is 0 Å². The van der Waals surface area contributed by atoms with Crippen LogP contribution < -0.4 is 0 Å². The highest BCUT2D eigenvalue weighted by Crippen LogP contribution is 2.54. The van der Waals surface area contributed by atoms with Crippen molar-refractivity contribution in [2.75, 3.05) is 0 Å². The molecule has 2 saturated carbocycles. The van der Waals surface area contributed by atoms with Crippen LogP contribution in [-0.2, 0) is 14.3 Å². The molecule has 0 aromatic carbocycles. The maximum Gasteiger partial charge on any atom is 0.169 e. The van der Waals surface area contributed by atoms with Crippen LogP contribution in [0.2, 0.25) is 0 Å². The predicted octanol–water partition coefficient (Wildman–Crippen LogP) is 0.344. The second-order valence-electron chi connectivity index (χ2n) is 4.78. The van der Waals surface area contributed by atoms with E-state index in [1.807, 2.05) is 0 Å². The average molecular weight is 190 g/mol. The summed E-state index contributed by atoms with van der Waals surface area (Å²) in [5.74, 6) is 0.952. The van der Waals surface area contributed by atoms with Gasteiger partial charge in [-0.05, 0) is 18.3 Å². The zero-order chi connectivity index (χ0) is 9.45. The fourth-order valence-corrected chi connectivity index (χ4v) is 3.52. The fourth-order valence-electron chi connectivity index (χ4n) is 3.52. The lowest BCUT2D eigenvalue weighted by atomic mass is 9.72. The van der Waals surface area contributed by atoms with Gasteiger partial charge in [0.25, 0.3) is 0 Å². The van der Waals surface area contributed by atoms with Gasteiger partial charge in [0.15, 0.2) is 23.8 Å². The maximum absolute atomic E-state index is 11.9. The largest absolute Gasteiger partial charge is 0.353 e. The van der Waals surface area contributed by atoms with Gasteiger partial charge in [0, 0.05) is 11.8 Å². The van der Waals surface area contributed by atoms with E-state index < -0.39 is 0 Å². The highest BCUT2D eigenvalue weighted by Gasteiger charge is 2.66. The Morgan fingerprint density at radius 3 is 2.00 bits per heavy atom. The van der Waals surface area contributed by atoms with Crippen molar-refractivity contribution in [3.05, 3.63) is 12.2 Å². The molecular formula is C11H10O3. The van der Waals surface area contributed by atoms with Crippen molar-refractivity contribution in [1.29, 1.82) is 0 Å². The number of fused-ring (bicyclic) bond motifs is 6. The summed E-state index contributed by atoms with van der Waals surface area (Å²) >= 11 is 0. The first kappa shape index (κ1) is 7.35. The van der Waals surface area contributed by atoms with Crippen molar-refractivity contribution in [1.82, 2.24) is 0 Å². The van der Waals surface area contributed by atoms with E-state index in [1.165, 1.54) is 0 Å². The van der Waals surface area contributed by atoms with Crippen molar-refractivity contribution in [2.45, 2.75) is 18.6 Å². The van der Waals surface area contributed by atoms with Crippen LogP contribution in [0.25, 0.3) is 0 Å². The molecule has 1 heterocycles. The van der Waals surface area contributed by atoms with Crippen molar-refractivity contribution >= 4 is 11.6 Å². The number of epoxide rings is 1. The number of allylic oxidation sites excluding steroid dienone is 2. The predicted molar refractivity (Wildman–Crippen MR) is 46.4 cm³/mol. The Morgan fingerprint density at radius 2 is 1.50 bits per heavy atom. The normalized spacial score (nSPS) is 57.4. The molecule has 72 valence electrons. The zero-order valence-electron chi connectivity index (χ0n) is 7.55. The third kappa shape index (κ3) is 0.630. The first-order valence-electron chi connectivity index (χ1n) is 5.18. The molecule has 1 saturated heterocycles. The van der Waals surface area contributed by atoms with E-state index >= 15 is 0 Å². The van der Waals surface area contributed by atoms with Gasteiger partial charge in [-0.3, -0.25) is 9.59 Å². The molecule has 3 aliphatic carbocycles. The molecule has 0 aromatic heterocycles. The average Bonchev–Trinajstić information content (AvgIpc) is 2.74. The molecule has 2 unspecified atom stereocenters. The van der Waals surface area contributed by atoms with Crippen LogP contribution >= 0.6 is 0 Å². The summed E-state index contributed by atoms with van der Waals surface area (Å²) < 4.78 is 5.14. The molecule has 6 atom stereocenters. The minimum Gasteiger partial charge on any atom is -0.353 e. The van der Waals surface area contributed by atoms with Crippen molar-refractivity contribution in [3.8, 4) is 0 Å². The van der Waals surface area contributed by atoms with E-state index in [0.717, 1.165) is 6.42 Å². The summed E-state index contributed by atoms with van der Waals surface area (Å²) in [5.41, 5.74) is 0. The lowest BCUT2D eigenvalue weighted by Gasteiger charge is -2.27. The summed E-state index contributed by atoms with van der Waals surface area (Å²) in [6, 6.07) is 0. The Kier molecular flexibility index (Phi) is 1.05. The quantitative estimate of drug-likeness (QED) is 0.409. The maximum atomic E-state index is 11.9. The number of rotatable bonds is 0. The third-order valence-electron chi connectivity index (χ3n) is 4.17. The minimum absolute atomic E-state index is 0.0405. The van der Waals surface area contributed by atoms with Crippen LogP contribution in [0.5, 0.6) is 0 Å². The molecule has 1 aliphatic heterocycles. The van der Waals surface area contributed by atoms with E-state index in [4.69, 9.17) is 4.74 Å². The van der Waals surface area contributed by atoms with Gasteiger partial charge in [-0.25, -0.2) is 0 Å². The van der Waals surface area contributed by atoms with Crippen LogP contribution in [0.3, 0.4) is 0 Å². The number of carbonyl (C=O) groups is 2. The molecular weight excluding hydrogens is 180 g/mol. The summed E-state index contributed by atoms with van der Waals surface area (Å²) in [4.78, 5) is 23.7. The second-order valence-corrected chi connectivity index (χ2v) is 4.78. The van der Waals surface area contributed by atoms with Gasteiger partial charge in [0.2, 0.25) is 0 Å². The fraction of sp³-hybridized carbons (Fsp3) is 0.636. The molecule has 3 nitrogen and oxygen atoms in total. The van der Waals surface area contributed by atoms with Crippen LogP contribution in [0.1, 0.15) is 6.42 Å². The summed E-state index contributed by atoms with van der Waals surface area (Å²) in [6.07, 6.45) is 4.50. The van der Waals surface area contributed by atoms with Gasteiger partial charge in [0.05, 0.1) is 0 Å². The number of ether oxygens (including phenoxy) is 1. The topological polar surface area (TPSA) is 46.7 Å². The second kappa shape index (κ2) is 2.01. The number of hydrogen-bond acceptors (Lipinski definition) is 3. The number of Topliss-reactive ketones (excluding diaryl/α,β-unsaturated/α-hetero) is 2. The van der Waals surface area contributed by atoms with E-state index in [-0.39, 0.29) is 35.6 Å². The van der Waals surface area contributed by atoms with E-state index in [1.54, 1.807) is 0 Å². The van der Waals surface area contributed by atoms with E-state index in [0.29, 0.717) is 11.8 Å². The van der Waals surface area contributed by atoms with Crippen molar-refractivity contribution in [2.24, 2.45) is 23.7 Å². The Bertz CT molecular complexity index is 350. The van der Waals surface area contributed by atoms with Crippen molar-refractivity contribution < 1.29 is 14.3 Å². The zero-order valence-corrected chi connectivity index (χ0v) is 7.55. The monoisotopic (exact) mass is 190 g/mol. The van der Waals surface area contributed by atoms with Crippen LogP contribution in [0, 0.1) is 23.7 Å². The molecule has 3 fully saturated rings. The molecule has 0 amide bonds. The summed E-state index contributed by atoms with van der Waals surface area (Å²) in [5, 5.41) is 0. The molecule has 0 N–H and O–H groups in total. The van der Waals surface area contributed by atoms with Gasteiger partial charge < -0.3 is 4.74 Å². The molecule has 0 spiro atoms. The first-order chi connectivity index (χ1) is 6.77. The van der Waals surface area contributed by atoms with Crippen LogP contribution in [0.4, 0.5) is 0 Å². The number of hydrogen-bond donors (Lipinski definition) is 0. The molecule has 3 heteroatoms. The molecule has 4 aliphatic rings. The molecule has 0 radical (unpaired) electrons. The highest BCUT2D eigenvalue weighted by atomic mass is 16.6. The van der Waals surface area contributed by atoms with Crippen LogP contribution in [0.15, 0.2) is 12.2 Å². The Hall–Kier alpha value is -0.960. The Balaban J connectivity index is 1.84. The number of carbonyl (C=O) groups excluding carboxylic acids is 2. The van der Waals surface area contributed by atoms with E-state index in [2.05, 4.69) is 12.2 Å². The first-order valence-corrected chi connectivity index (χ1v) is 5.18. The highest BCUT2D eigenvalue weighted by molar-refractivity contribution is 6.06. The molecule has 14 heavy (non-hydrogen) atoms.